The third-order valence-electron chi connectivity index (χ3n) is 3.99. The highest BCUT2D eigenvalue weighted by atomic mass is 16.1. The molecule has 2 heterocycles. The molecule has 0 spiro atoms. The van der Waals surface area contributed by atoms with Gasteiger partial charge in [-0.2, -0.15) is 5.10 Å². The molecular formula is C19H16N6O. The fourth-order valence-electron chi connectivity index (χ4n) is 2.79. The number of rotatable bonds is 4. The molecule has 7 heteroatoms. The van der Waals surface area contributed by atoms with Crippen LogP contribution < -0.4 is 5.56 Å². The molecule has 128 valence electrons. The quantitative estimate of drug-likeness (QED) is 0.577. The highest BCUT2D eigenvalue weighted by molar-refractivity contribution is 6.13. The SMILES string of the molecule is Cc1[nH]n(-c2ccccc2)c(=O)c1/C(=N/n1cnnc1)c1ccccc1. The summed E-state index contributed by atoms with van der Waals surface area (Å²) >= 11 is 0. The van der Waals surface area contributed by atoms with Crippen LogP contribution in [0.5, 0.6) is 0 Å². The Hall–Kier alpha value is -3.74. The Morgan fingerprint density at radius 2 is 1.58 bits per heavy atom. The van der Waals surface area contributed by atoms with Gasteiger partial charge in [0.25, 0.3) is 5.56 Å². The fourth-order valence-corrected chi connectivity index (χ4v) is 2.79. The minimum atomic E-state index is -0.163. The monoisotopic (exact) mass is 344 g/mol. The molecule has 4 rings (SSSR count). The van der Waals surface area contributed by atoms with Crippen LogP contribution in [0.1, 0.15) is 16.8 Å². The predicted molar refractivity (Wildman–Crippen MR) is 98.6 cm³/mol. The zero-order chi connectivity index (χ0) is 17.9. The van der Waals surface area contributed by atoms with Crippen LogP contribution in [0.4, 0.5) is 0 Å². The van der Waals surface area contributed by atoms with E-state index in [0.717, 1.165) is 16.9 Å². The Balaban J connectivity index is 1.93. The summed E-state index contributed by atoms with van der Waals surface area (Å²) in [5.74, 6) is 0. The van der Waals surface area contributed by atoms with Crippen molar-refractivity contribution in [3.63, 3.8) is 0 Å². The number of para-hydroxylation sites is 1. The number of hydrogen-bond acceptors (Lipinski definition) is 4. The smallest absolute Gasteiger partial charge is 0.281 e. The summed E-state index contributed by atoms with van der Waals surface area (Å²) in [6, 6.07) is 19.0. The zero-order valence-corrected chi connectivity index (χ0v) is 14.1. The first-order chi connectivity index (χ1) is 12.7. The molecule has 0 amide bonds. The van der Waals surface area contributed by atoms with E-state index in [2.05, 4.69) is 20.4 Å². The normalized spacial score (nSPS) is 11.7. The van der Waals surface area contributed by atoms with Crippen LogP contribution in [0.15, 0.2) is 83.2 Å². The van der Waals surface area contributed by atoms with E-state index < -0.39 is 0 Å². The Morgan fingerprint density at radius 3 is 2.23 bits per heavy atom. The van der Waals surface area contributed by atoms with Crippen molar-refractivity contribution in [1.82, 2.24) is 24.7 Å². The summed E-state index contributed by atoms with van der Waals surface area (Å²) in [6.45, 7) is 1.86. The molecule has 0 saturated heterocycles. The van der Waals surface area contributed by atoms with E-state index in [4.69, 9.17) is 0 Å². The number of aromatic nitrogens is 5. The van der Waals surface area contributed by atoms with E-state index in [1.807, 2.05) is 67.6 Å². The van der Waals surface area contributed by atoms with E-state index >= 15 is 0 Å². The minimum absolute atomic E-state index is 0.163. The Morgan fingerprint density at radius 1 is 0.962 bits per heavy atom. The van der Waals surface area contributed by atoms with Gasteiger partial charge in [-0.3, -0.25) is 9.89 Å². The number of H-pyrrole nitrogens is 1. The van der Waals surface area contributed by atoms with E-state index in [1.54, 1.807) is 0 Å². The molecule has 0 atom stereocenters. The Kier molecular flexibility index (Phi) is 4.03. The molecule has 0 unspecified atom stereocenters. The first-order valence-corrected chi connectivity index (χ1v) is 8.10. The molecule has 26 heavy (non-hydrogen) atoms. The van der Waals surface area contributed by atoms with Gasteiger partial charge in [0.15, 0.2) is 0 Å². The van der Waals surface area contributed by atoms with Crippen molar-refractivity contribution in [2.45, 2.75) is 6.92 Å². The maximum absolute atomic E-state index is 13.1. The van der Waals surface area contributed by atoms with Gasteiger partial charge in [0, 0.05) is 11.3 Å². The molecule has 0 radical (unpaired) electrons. The summed E-state index contributed by atoms with van der Waals surface area (Å²) in [4.78, 5) is 13.1. The van der Waals surface area contributed by atoms with Gasteiger partial charge in [0.05, 0.1) is 11.3 Å². The lowest BCUT2D eigenvalue weighted by atomic mass is 10.0. The first-order valence-electron chi connectivity index (χ1n) is 8.10. The summed E-state index contributed by atoms with van der Waals surface area (Å²) in [5.41, 5.74) is 3.23. The minimum Gasteiger partial charge on any atom is -0.295 e. The van der Waals surface area contributed by atoms with E-state index in [9.17, 15) is 4.79 Å². The second-order valence-electron chi connectivity index (χ2n) is 5.74. The molecule has 2 aromatic heterocycles. The maximum Gasteiger partial charge on any atom is 0.281 e. The first kappa shape index (κ1) is 15.8. The highest BCUT2D eigenvalue weighted by Crippen LogP contribution is 2.13. The molecule has 0 fully saturated rings. The van der Waals surface area contributed by atoms with Crippen LogP contribution in [-0.4, -0.2) is 30.4 Å². The molecule has 7 nitrogen and oxygen atoms in total. The third-order valence-corrected chi connectivity index (χ3v) is 3.99. The van der Waals surface area contributed by atoms with Gasteiger partial charge in [0.1, 0.15) is 18.4 Å². The largest absolute Gasteiger partial charge is 0.295 e. The lowest BCUT2D eigenvalue weighted by molar-refractivity contribution is 0.835. The van der Waals surface area contributed by atoms with Crippen molar-refractivity contribution >= 4 is 5.71 Å². The third kappa shape index (κ3) is 2.86. The van der Waals surface area contributed by atoms with Gasteiger partial charge in [0.2, 0.25) is 0 Å². The van der Waals surface area contributed by atoms with Gasteiger partial charge >= 0.3 is 0 Å². The second-order valence-corrected chi connectivity index (χ2v) is 5.74. The van der Waals surface area contributed by atoms with E-state index in [0.29, 0.717) is 11.3 Å². The number of aromatic amines is 1. The van der Waals surface area contributed by atoms with E-state index in [-0.39, 0.29) is 5.56 Å². The summed E-state index contributed by atoms with van der Waals surface area (Å²) < 4.78 is 3.01. The lowest BCUT2D eigenvalue weighted by Crippen LogP contribution is -2.22. The summed E-state index contributed by atoms with van der Waals surface area (Å²) in [6.07, 6.45) is 2.97. The average molecular weight is 344 g/mol. The number of nitrogens with zero attached hydrogens (tertiary/aromatic N) is 5. The van der Waals surface area contributed by atoms with Crippen LogP contribution in [0.2, 0.25) is 0 Å². The highest BCUT2D eigenvalue weighted by Gasteiger charge is 2.19. The summed E-state index contributed by atoms with van der Waals surface area (Å²) in [7, 11) is 0. The number of benzene rings is 2. The fraction of sp³-hybridized carbons (Fsp3) is 0.0526. The topological polar surface area (TPSA) is 80.9 Å². The zero-order valence-electron chi connectivity index (χ0n) is 14.1. The molecule has 4 aromatic rings. The van der Waals surface area contributed by atoms with Crippen molar-refractivity contribution in [3.8, 4) is 5.69 Å². The van der Waals surface area contributed by atoms with E-state index in [1.165, 1.54) is 22.0 Å². The van der Waals surface area contributed by atoms with Crippen molar-refractivity contribution < 1.29 is 0 Å². The summed E-state index contributed by atoms with van der Waals surface area (Å²) in [5, 5.41) is 15.3. The van der Waals surface area contributed by atoms with Crippen molar-refractivity contribution in [3.05, 3.63) is 100 Å². The van der Waals surface area contributed by atoms with Crippen LogP contribution in [-0.2, 0) is 0 Å². The molecule has 1 N–H and O–H groups in total. The van der Waals surface area contributed by atoms with Crippen molar-refractivity contribution in [2.24, 2.45) is 5.10 Å². The average Bonchev–Trinajstić information content (AvgIpc) is 3.29. The number of aryl methyl sites for hydroxylation is 1. The van der Waals surface area contributed by atoms with Gasteiger partial charge in [-0.25, -0.2) is 9.36 Å². The van der Waals surface area contributed by atoms with Gasteiger partial charge < -0.3 is 0 Å². The van der Waals surface area contributed by atoms with Crippen LogP contribution in [0, 0.1) is 6.92 Å². The van der Waals surface area contributed by atoms with Crippen LogP contribution in [0.3, 0.4) is 0 Å². The lowest BCUT2D eigenvalue weighted by Gasteiger charge is -2.05. The standard InChI is InChI=1S/C19H16N6O/c1-14-17(19(26)25(22-14)16-10-6-3-7-11-16)18(15-8-4-2-5-9-15)23-24-12-20-21-13-24/h2-13,22H,1H3/b23-18+. The Bertz CT molecular complexity index is 1090. The van der Waals surface area contributed by atoms with Crippen LogP contribution >= 0.6 is 0 Å². The molecule has 0 aliphatic carbocycles. The molecule has 2 aromatic carbocycles. The second kappa shape index (κ2) is 6.64. The number of nitrogens with one attached hydrogen (secondary N) is 1. The maximum atomic E-state index is 13.1. The number of hydrogen-bond donors (Lipinski definition) is 1. The van der Waals surface area contributed by atoms with Gasteiger partial charge in [-0.05, 0) is 19.1 Å². The molecule has 0 bridgehead atoms. The van der Waals surface area contributed by atoms with Gasteiger partial charge in [-0.1, -0.05) is 48.5 Å². The van der Waals surface area contributed by atoms with Crippen molar-refractivity contribution in [1.29, 1.82) is 0 Å². The molecular weight excluding hydrogens is 328 g/mol. The molecule has 0 aliphatic heterocycles. The van der Waals surface area contributed by atoms with Gasteiger partial charge in [-0.15, -0.1) is 10.2 Å². The van der Waals surface area contributed by atoms with Crippen molar-refractivity contribution in [2.75, 3.05) is 0 Å². The molecule has 0 saturated carbocycles. The molecule has 0 aliphatic rings. The Labute approximate surface area is 149 Å². The predicted octanol–water partition coefficient (Wildman–Crippen LogP) is 2.37. The van der Waals surface area contributed by atoms with Crippen LogP contribution in [0.25, 0.3) is 5.69 Å².